The first kappa shape index (κ1) is 26.2. The zero-order chi connectivity index (χ0) is 25.4. The molecule has 3 fully saturated rings. The van der Waals surface area contributed by atoms with Gasteiger partial charge in [-0.25, -0.2) is 0 Å². The first-order valence-electron chi connectivity index (χ1n) is 14.0. The number of fused-ring (bicyclic) bond motifs is 5. The number of nitrogens with one attached hydrogen (secondary N) is 1. The van der Waals surface area contributed by atoms with Crippen molar-refractivity contribution in [3.8, 4) is 0 Å². The van der Waals surface area contributed by atoms with Gasteiger partial charge in [0.25, 0.3) is 0 Å². The molecule has 0 radical (unpaired) electrons. The lowest BCUT2D eigenvalue weighted by atomic mass is 9.48. The lowest BCUT2D eigenvalue weighted by molar-refractivity contribution is -0.152. The largest absolute Gasteiger partial charge is 0.462 e. The highest BCUT2D eigenvalue weighted by Crippen LogP contribution is 2.65. The van der Waals surface area contributed by atoms with Crippen LogP contribution >= 0.6 is 0 Å². The van der Waals surface area contributed by atoms with Crippen LogP contribution in [0, 0.1) is 28.6 Å². The van der Waals surface area contributed by atoms with Crippen molar-refractivity contribution in [2.24, 2.45) is 28.6 Å². The molecule has 5 unspecified atom stereocenters. The van der Waals surface area contributed by atoms with Gasteiger partial charge in [0.15, 0.2) is 0 Å². The Hall–Kier alpha value is -1.85. The summed E-state index contributed by atoms with van der Waals surface area (Å²) in [7, 11) is 0. The smallest absolute Gasteiger partial charge is 0.306 e. The molecule has 4 aliphatic carbocycles. The topological polar surface area (TPSA) is 81.7 Å². The summed E-state index contributed by atoms with van der Waals surface area (Å²) < 4.78 is 11.8. The third-order valence-electron chi connectivity index (χ3n) is 9.91. The highest BCUT2D eigenvalue weighted by Gasteiger charge is 2.62. The van der Waals surface area contributed by atoms with E-state index in [9.17, 15) is 14.4 Å². The predicted octanol–water partition coefficient (Wildman–Crippen LogP) is 5.49. The molecule has 0 aliphatic heterocycles. The number of esters is 2. The second kappa shape index (κ2) is 10.3. The van der Waals surface area contributed by atoms with Crippen molar-refractivity contribution in [1.82, 2.24) is 5.32 Å². The van der Waals surface area contributed by atoms with Crippen LogP contribution in [0.4, 0.5) is 0 Å². The first-order chi connectivity index (χ1) is 16.6. The molecular formula is C29H45NO5. The summed E-state index contributed by atoms with van der Waals surface area (Å²) in [6, 6.07) is -0.126. The van der Waals surface area contributed by atoms with Gasteiger partial charge in [0.2, 0.25) is 5.91 Å². The molecular weight excluding hydrogens is 442 g/mol. The molecule has 0 aromatic rings. The average Bonchev–Trinajstić information content (AvgIpc) is 3.05. The molecule has 196 valence electrons. The second-order valence-corrected chi connectivity index (χ2v) is 12.1. The Bertz CT molecular complexity index is 867. The molecule has 0 aromatic carbocycles. The standard InChI is InChI=1S/C29H45NO5/c1-6-8-25(32)34-20-12-14-28(4)19(16-20)10-11-21-22(28)13-15-29(5)23(21)17-24(27(29)30-18(3)31)35-26(33)9-7-2/h10,20-24,27H,6-9,11-17H2,1-5H3,(H,30,31)/t20?,21?,22?,23?,24-,27?,28+,29+/m1/s1. The van der Waals surface area contributed by atoms with Gasteiger partial charge < -0.3 is 14.8 Å². The van der Waals surface area contributed by atoms with Gasteiger partial charge in [0.05, 0.1) is 6.04 Å². The van der Waals surface area contributed by atoms with Gasteiger partial charge in [-0.3, -0.25) is 14.4 Å². The molecule has 6 nitrogen and oxygen atoms in total. The summed E-state index contributed by atoms with van der Waals surface area (Å²) in [6.07, 6.45) is 11.6. The van der Waals surface area contributed by atoms with Crippen molar-refractivity contribution in [3.63, 3.8) is 0 Å². The number of rotatable bonds is 7. The van der Waals surface area contributed by atoms with Crippen molar-refractivity contribution < 1.29 is 23.9 Å². The summed E-state index contributed by atoms with van der Waals surface area (Å²) in [5.41, 5.74) is 1.54. The summed E-state index contributed by atoms with van der Waals surface area (Å²) in [5.74, 6) is 1.24. The molecule has 1 amide bonds. The van der Waals surface area contributed by atoms with Crippen molar-refractivity contribution in [2.45, 2.75) is 123 Å². The SMILES string of the molecule is CCCC(=O)OC1CC[C@@]2(C)C(=CCC3C4C[C@@H](OC(=O)CCC)C(NC(C)=O)[C@@]4(C)CCC32)C1. The molecule has 0 bridgehead atoms. The van der Waals surface area contributed by atoms with E-state index in [1.165, 1.54) is 5.57 Å². The Morgan fingerprint density at radius 2 is 1.69 bits per heavy atom. The fraction of sp³-hybridized carbons (Fsp3) is 0.828. The van der Waals surface area contributed by atoms with Crippen LogP contribution in [0.3, 0.4) is 0 Å². The van der Waals surface area contributed by atoms with E-state index in [0.29, 0.717) is 30.6 Å². The minimum absolute atomic E-state index is 0.0109. The Morgan fingerprint density at radius 1 is 1.00 bits per heavy atom. The summed E-state index contributed by atoms with van der Waals surface area (Å²) in [5, 5.41) is 3.19. The van der Waals surface area contributed by atoms with Crippen LogP contribution in [-0.2, 0) is 23.9 Å². The fourth-order valence-electron chi connectivity index (χ4n) is 8.19. The van der Waals surface area contributed by atoms with E-state index in [2.05, 4.69) is 25.2 Å². The quantitative estimate of drug-likeness (QED) is 0.379. The number of allylic oxidation sites excluding steroid dienone is 1. The first-order valence-corrected chi connectivity index (χ1v) is 14.0. The van der Waals surface area contributed by atoms with Gasteiger partial charge in [-0.05, 0) is 80.0 Å². The maximum Gasteiger partial charge on any atom is 0.306 e. The number of hydrogen-bond acceptors (Lipinski definition) is 5. The van der Waals surface area contributed by atoms with E-state index in [1.807, 2.05) is 13.8 Å². The molecule has 35 heavy (non-hydrogen) atoms. The highest BCUT2D eigenvalue weighted by molar-refractivity contribution is 5.74. The van der Waals surface area contributed by atoms with Gasteiger partial charge >= 0.3 is 11.9 Å². The fourth-order valence-corrected chi connectivity index (χ4v) is 8.19. The van der Waals surface area contributed by atoms with E-state index in [4.69, 9.17) is 9.47 Å². The summed E-state index contributed by atoms with van der Waals surface area (Å²) in [4.78, 5) is 36.7. The van der Waals surface area contributed by atoms with Crippen LogP contribution in [0.5, 0.6) is 0 Å². The number of carbonyl (C=O) groups is 3. The van der Waals surface area contributed by atoms with Gasteiger partial charge in [0.1, 0.15) is 12.2 Å². The van der Waals surface area contributed by atoms with Crippen molar-refractivity contribution in [1.29, 1.82) is 0 Å². The van der Waals surface area contributed by atoms with Crippen LogP contribution in [0.2, 0.25) is 0 Å². The molecule has 0 spiro atoms. The van der Waals surface area contributed by atoms with Crippen molar-refractivity contribution in [2.75, 3.05) is 0 Å². The van der Waals surface area contributed by atoms with Crippen molar-refractivity contribution >= 4 is 17.8 Å². The second-order valence-electron chi connectivity index (χ2n) is 12.1. The Balaban J connectivity index is 1.54. The molecule has 4 aliphatic rings. The third-order valence-corrected chi connectivity index (χ3v) is 9.91. The minimum Gasteiger partial charge on any atom is -0.462 e. The van der Waals surface area contributed by atoms with Crippen LogP contribution in [0.15, 0.2) is 11.6 Å². The third kappa shape index (κ3) is 4.91. The minimum atomic E-state index is -0.251. The van der Waals surface area contributed by atoms with Crippen LogP contribution < -0.4 is 5.32 Å². The number of amides is 1. The molecule has 4 rings (SSSR count). The highest BCUT2D eigenvalue weighted by atomic mass is 16.5. The molecule has 0 heterocycles. The predicted molar refractivity (Wildman–Crippen MR) is 134 cm³/mol. The monoisotopic (exact) mass is 487 g/mol. The molecule has 0 aromatic heterocycles. The van der Waals surface area contributed by atoms with Crippen LogP contribution in [0.1, 0.15) is 105 Å². The Labute approximate surface area is 211 Å². The Morgan fingerprint density at radius 3 is 2.34 bits per heavy atom. The van der Waals surface area contributed by atoms with E-state index in [1.54, 1.807) is 6.92 Å². The number of hydrogen-bond donors (Lipinski definition) is 1. The molecule has 1 N–H and O–H groups in total. The number of carbonyl (C=O) groups excluding carboxylic acids is 3. The maximum absolute atomic E-state index is 12.4. The van der Waals surface area contributed by atoms with Gasteiger partial charge in [0, 0.05) is 26.2 Å². The zero-order valence-corrected chi connectivity index (χ0v) is 22.4. The normalized spacial score (nSPS) is 40.0. The van der Waals surface area contributed by atoms with Gasteiger partial charge in [-0.1, -0.05) is 39.3 Å². The number of ether oxygens (including phenoxy) is 2. The molecule has 0 saturated heterocycles. The van der Waals surface area contributed by atoms with Crippen molar-refractivity contribution in [3.05, 3.63) is 11.6 Å². The molecule has 6 heteroatoms. The molecule has 3 saturated carbocycles. The average molecular weight is 488 g/mol. The van der Waals surface area contributed by atoms with Crippen LogP contribution in [-0.4, -0.2) is 36.1 Å². The van der Waals surface area contributed by atoms with E-state index in [0.717, 1.165) is 57.8 Å². The molecule has 8 atom stereocenters. The lowest BCUT2D eigenvalue weighted by Crippen LogP contribution is -2.55. The summed E-state index contributed by atoms with van der Waals surface area (Å²) >= 11 is 0. The van der Waals surface area contributed by atoms with Gasteiger partial charge in [-0.15, -0.1) is 0 Å². The van der Waals surface area contributed by atoms with Crippen LogP contribution in [0.25, 0.3) is 0 Å². The summed E-state index contributed by atoms with van der Waals surface area (Å²) in [6.45, 7) is 10.3. The lowest BCUT2D eigenvalue weighted by Gasteiger charge is -2.57. The Kier molecular flexibility index (Phi) is 7.68. The van der Waals surface area contributed by atoms with Gasteiger partial charge in [-0.2, -0.15) is 0 Å². The van der Waals surface area contributed by atoms with E-state index < -0.39 is 0 Å². The van der Waals surface area contributed by atoms with E-state index in [-0.39, 0.29) is 46.9 Å². The maximum atomic E-state index is 12.4. The van der Waals surface area contributed by atoms with E-state index >= 15 is 0 Å². The zero-order valence-electron chi connectivity index (χ0n) is 22.4.